The van der Waals surface area contributed by atoms with E-state index < -0.39 is 18.0 Å². The number of benzene rings is 1. The molecule has 0 aliphatic heterocycles. The first-order valence-corrected chi connectivity index (χ1v) is 5.89. The van der Waals surface area contributed by atoms with Crippen molar-refractivity contribution in [3.63, 3.8) is 0 Å². The first-order valence-electron chi connectivity index (χ1n) is 5.89. The molecule has 3 N–H and O–H groups in total. The van der Waals surface area contributed by atoms with E-state index in [0.29, 0.717) is 0 Å². The topological polar surface area (TPSA) is 78.4 Å². The number of nitrogens with one attached hydrogen (secondary N) is 2. The minimum absolute atomic E-state index is 0.118. The summed E-state index contributed by atoms with van der Waals surface area (Å²) in [5, 5.41) is 13.8. The highest BCUT2D eigenvalue weighted by atomic mass is 16.4. The van der Waals surface area contributed by atoms with Crippen molar-refractivity contribution < 1.29 is 14.7 Å². The van der Waals surface area contributed by atoms with Crippen LogP contribution in [0.3, 0.4) is 0 Å². The molecule has 5 nitrogen and oxygen atoms in total. The van der Waals surface area contributed by atoms with Crippen LogP contribution in [0.25, 0.3) is 0 Å². The normalized spacial score (nSPS) is 13.4. The minimum atomic E-state index is -1.06. The van der Waals surface area contributed by atoms with Crippen molar-refractivity contribution >= 4 is 12.0 Å². The predicted octanol–water partition coefficient (Wildman–Crippen LogP) is 1.91. The Kier molecular flexibility index (Phi) is 5.17. The van der Waals surface area contributed by atoms with Crippen LogP contribution in [0.15, 0.2) is 30.3 Å². The highest BCUT2D eigenvalue weighted by molar-refractivity contribution is 5.82. The highest BCUT2D eigenvalue weighted by Gasteiger charge is 2.16. The van der Waals surface area contributed by atoms with Gasteiger partial charge in [-0.15, -0.1) is 0 Å². The minimum Gasteiger partial charge on any atom is -0.480 e. The number of carboxylic acids is 1. The van der Waals surface area contributed by atoms with Gasteiger partial charge in [0.1, 0.15) is 6.04 Å². The summed E-state index contributed by atoms with van der Waals surface area (Å²) in [6, 6.07) is 8.06. The number of rotatable bonds is 5. The summed E-state index contributed by atoms with van der Waals surface area (Å²) in [5.41, 5.74) is 0.998. The summed E-state index contributed by atoms with van der Waals surface area (Å²) >= 11 is 0. The van der Waals surface area contributed by atoms with E-state index in [0.717, 1.165) is 12.0 Å². The summed E-state index contributed by atoms with van der Waals surface area (Å²) in [7, 11) is 0. The third-order valence-electron chi connectivity index (χ3n) is 2.63. The van der Waals surface area contributed by atoms with Crippen LogP contribution in [-0.2, 0) is 4.79 Å². The molecule has 0 bridgehead atoms. The van der Waals surface area contributed by atoms with Gasteiger partial charge < -0.3 is 15.7 Å². The van der Waals surface area contributed by atoms with E-state index in [1.807, 2.05) is 37.3 Å². The Hall–Kier alpha value is -2.04. The van der Waals surface area contributed by atoms with Crippen LogP contribution in [-0.4, -0.2) is 23.1 Å². The molecule has 0 heterocycles. The Morgan fingerprint density at radius 2 is 1.83 bits per heavy atom. The molecule has 98 valence electrons. The monoisotopic (exact) mass is 250 g/mol. The second-order valence-corrected chi connectivity index (χ2v) is 4.05. The van der Waals surface area contributed by atoms with Crippen molar-refractivity contribution in [3.05, 3.63) is 35.9 Å². The average molecular weight is 250 g/mol. The van der Waals surface area contributed by atoms with Gasteiger partial charge in [0.2, 0.25) is 0 Å². The van der Waals surface area contributed by atoms with E-state index in [9.17, 15) is 9.59 Å². The maximum absolute atomic E-state index is 11.6. The maximum Gasteiger partial charge on any atom is 0.325 e. The van der Waals surface area contributed by atoms with Crippen LogP contribution < -0.4 is 10.6 Å². The molecule has 0 aromatic heterocycles. The van der Waals surface area contributed by atoms with Crippen molar-refractivity contribution in [1.82, 2.24) is 10.6 Å². The molecule has 0 saturated heterocycles. The fraction of sp³-hybridized carbons (Fsp3) is 0.385. The van der Waals surface area contributed by atoms with Gasteiger partial charge in [0.15, 0.2) is 0 Å². The molecule has 0 spiro atoms. The molecular weight excluding hydrogens is 232 g/mol. The number of carbonyl (C=O) groups excluding carboxylic acids is 1. The van der Waals surface area contributed by atoms with Crippen LogP contribution in [0.1, 0.15) is 31.9 Å². The molecule has 2 amide bonds. The third-order valence-corrected chi connectivity index (χ3v) is 2.63. The Bertz CT molecular complexity index is 406. The molecule has 1 aromatic carbocycles. The van der Waals surface area contributed by atoms with E-state index in [2.05, 4.69) is 10.6 Å². The molecule has 5 heteroatoms. The molecular formula is C13H18N2O3. The summed E-state index contributed by atoms with van der Waals surface area (Å²) in [5.74, 6) is -1.06. The number of carboxylic acid groups (broad SMARTS) is 1. The van der Waals surface area contributed by atoms with Gasteiger partial charge in [-0.3, -0.25) is 4.79 Å². The van der Waals surface area contributed by atoms with Crippen LogP contribution in [0.4, 0.5) is 4.79 Å². The van der Waals surface area contributed by atoms with Crippen molar-refractivity contribution in [2.75, 3.05) is 0 Å². The maximum atomic E-state index is 11.6. The lowest BCUT2D eigenvalue weighted by atomic mass is 10.1. The van der Waals surface area contributed by atoms with Crippen molar-refractivity contribution in [3.8, 4) is 0 Å². The molecule has 0 aliphatic rings. The predicted molar refractivity (Wildman–Crippen MR) is 68.2 cm³/mol. The molecule has 2 unspecified atom stereocenters. The quantitative estimate of drug-likeness (QED) is 0.747. The van der Waals surface area contributed by atoms with E-state index >= 15 is 0 Å². The lowest BCUT2D eigenvalue weighted by Gasteiger charge is -2.19. The summed E-state index contributed by atoms with van der Waals surface area (Å²) in [6.45, 7) is 3.38. The first-order chi connectivity index (χ1) is 8.54. The molecule has 18 heavy (non-hydrogen) atoms. The van der Waals surface area contributed by atoms with Crippen LogP contribution >= 0.6 is 0 Å². The number of carbonyl (C=O) groups is 2. The summed E-state index contributed by atoms with van der Waals surface area (Å²) in [6.07, 6.45) is 0.735. The smallest absolute Gasteiger partial charge is 0.325 e. The molecule has 1 rings (SSSR count). The fourth-order valence-corrected chi connectivity index (χ4v) is 1.56. The summed E-state index contributed by atoms with van der Waals surface area (Å²) < 4.78 is 0. The Labute approximate surface area is 106 Å². The number of urea groups is 1. The summed E-state index contributed by atoms with van der Waals surface area (Å²) in [4.78, 5) is 22.2. The second kappa shape index (κ2) is 6.64. The van der Waals surface area contributed by atoms with Crippen LogP contribution in [0.2, 0.25) is 0 Å². The van der Waals surface area contributed by atoms with Crippen molar-refractivity contribution in [1.29, 1.82) is 0 Å². The highest BCUT2D eigenvalue weighted by Crippen LogP contribution is 2.15. The number of hydrogen-bond acceptors (Lipinski definition) is 2. The number of hydrogen-bond donors (Lipinski definition) is 3. The van der Waals surface area contributed by atoms with Crippen LogP contribution in [0, 0.1) is 0 Å². The molecule has 2 atom stereocenters. The molecule has 0 aliphatic carbocycles. The fourth-order valence-electron chi connectivity index (χ4n) is 1.56. The first kappa shape index (κ1) is 14.0. The lowest BCUT2D eigenvalue weighted by Crippen LogP contribution is -2.45. The van der Waals surface area contributed by atoms with Gasteiger partial charge in [0, 0.05) is 0 Å². The largest absolute Gasteiger partial charge is 0.480 e. The molecule has 0 fully saturated rings. The van der Waals surface area contributed by atoms with E-state index in [1.54, 1.807) is 0 Å². The average Bonchev–Trinajstić information content (AvgIpc) is 2.36. The lowest BCUT2D eigenvalue weighted by molar-refractivity contribution is -0.138. The third kappa shape index (κ3) is 4.08. The van der Waals surface area contributed by atoms with Gasteiger partial charge in [-0.1, -0.05) is 37.3 Å². The second-order valence-electron chi connectivity index (χ2n) is 4.05. The van der Waals surface area contributed by atoms with Gasteiger partial charge in [-0.05, 0) is 18.9 Å². The van der Waals surface area contributed by atoms with Gasteiger partial charge in [0.25, 0.3) is 0 Å². The zero-order valence-corrected chi connectivity index (χ0v) is 10.5. The molecule has 0 saturated carbocycles. The van der Waals surface area contributed by atoms with E-state index in [1.165, 1.54) is 6.92 Å². The number of aliphatic carboxylic acids is 1. The Balaban J connectivity index is 2.59. The zero-order chi connectivity index (χ0) is 13.5. The van der Waals surface area contributed by atoms with E-state index in [-0.39, 0.29) is 6.04 Å². The van der Waals surface area contributed by atoms with Gasteiger partial charge in [0.05, 0.1) is 6.04 Å². The molecule has 0 radical (unpaired) electrons. The van der Waals surface area contributed by atoms with Crippen LogP contribution in [0.5, 0.6) is 0 Å². The Morgan fingerprint density at radius 1 is 1.22 bits per heavy atom. The van der Waals surface area contributed by atoms with Gasteiger partial charge >= 0.3 is 12.0 Å². The Morgan fingerprint density at radius 3 is 2.33 bits per heavy atom. The van der Waals surface area contributed by atoms with Crippen molar-refractivity contribution in [2.24, 2.45) is 0 Å². The standard InChI is InChI=1S/C13H18N2O3/c1-3-11(10-7-5-4-6-8-10)15-13(18)14-9(2)12(16)17/h4-9,11H,3H2,1-2H3,(H,16,17)(H2,14,15,18). The van der Waals surface area contributed by atoms with E-state index in [4.69, 9.17) is 5.11 Å². The van der Waals surface area contributed by atoms with Gasteiger partial charge in [-0.2, -0.15) is 0 Å². The van der Waals surface area contributed by atoms with Crippen molar-refractivity contribution in [2.45, 2.75) is 32.4 Å². The van der Waals surface area contributed by atoms with Gasteiger partial charge in [-0.25, -0.2) is 4.79 Å². The number of amides is 2. The molecule has 1 aromatic rings. The zero-order valence-electron chi connectivity index (χ0n) is 10.5. The SMILES string of the molecule is CCC(NC(=O)NC(C)C(=O)O)c1ccccc1.